The summed E-state index contributed by atoms with van der Waals surface area (Å²) >= 11 is 1.75. The van der Waals surface area contributed by atoms with Crippen molar-refractivity contribution in [3.05, 3.63) is 50.7 Å². The molecule has 2 heterocycles. The second kappa shape index (κ2) is 7.95. The highest BCUT2D eigenvalue weighted by Gasteiger charge is 2.31. The maximum atomic E-state index is 11.9. The summed E-state index contributed by atoms with van der Waals surface area (Å²) < 4.78 is 23.9. The summed E-state index contributed by atoms with van der Waals surface area (Å²) in [6, 6.07) is 8.71. The average Bonchev–Trinajstić information content (AvgIpc) is 3.13. The lowest BCUT2D eigenvalue weighted by Crippen LogP contribution is -2.38. The van der Waals surface area contributed by atoms with Gasteiger partial charge in [0.15, 0.2) is 9.84 Å². The second-order valence-corrected chi connectivity index (χ2v) is 9.90. The molecule has 1 fully saturated rings. The average molecular weight is 410 g/mol. The predicted octanol–water partition coefficient (Wildman–Crippen LogP) is 3.55. The molecule has 3 rings (SSSR count). The van der Waals surface area contributed by atoms with Crippen LogP contribution in [0.3, 0.4) is 0 Å². The Morgan fingerprint density at radius 1 is 1.37 bits per heavy atom. The molecule has 1 aliphatic heterocycles. The van der Waals surface area contributed by atoms with Gasteiger partial charge in [-0.05, 0) is 55.9 Å². The Morgan fingerprint density at radius 3 is 2.78 bits per heavy atom. The third kappa shape index (κ3) is 4.48. The van der Waals surface area contributed by atoms with Gasteiger partial charge in [0, 0.05) is 35.5 Å². The van der Waals surface area contributed by atoms with Gasteiger partial charge in [0.05, 0.1) is 4.92 Å². The van der Waals surface area contributed by atoms with E-state index in [1.54, 1.807) is 17.4 Å². The van der Waals surface area contributed by atoms with Crippen LogP contribution >= 0.6 is 11.3 Å². The molecule has 2 unspecified atom stereocenters. The maximum Gasteiger partial charge on any atom is 0.288 e. The lowest BCUT2D eigenvalue weighted by Gasteiger charge is -2.39. The normalized spacial score (nSPS) is 21.1. The number of thiophene rings is 1. The van der Waals surface area contributed by atoms with Crippen molar-refractivity contribution in [1.82, 2.24) is 4.90 Å². The van der Waals surface area contributed by atoms with Crippen LogP contribution < -0.4 is 5.32 Å². The van der Waals surface area contributed by atoms with Gasteiger partial charge in [-0.2, -0.15) is 0 Å². The molecule has 1 aliphatic rings. The molecule has 0 aliphatic carbocycles. The van der Waals surface area contributed by atoms with Crippen molar-refractivity contribution in [2.75, 3.05) is 31.7 Å². The number of rotatable bonds is 6. The largest absolute Gasteiger partial charge is 0.385 e. The number of nitro groups is 1. The zero-order valence-corrected chi connectivity index (χ0v) is 16.9. The van der Waals surface area contributed by atoms with E-state index in [9.17, 15) is 18.5 Å². The molecule has 1 aromatic heterocycles. The van der Waals surface area contributed by atoms with Crippen LogP contribution in [-0.2, 0) is 9.84 Å². The minimum absolute atomic E-state index is 0.256. The summed E-state index contributed by atoms with van der Waals surface area (Å²) in [6.45, 7) is 1.72. The van der Waals surface area contributed by atoms with Crippen molar-refractivity contribution in [1.29, 1.82) is 0 Å². The minimum Gasteiger partial charge on any atom is -0.385 e. The summed E-state index contributed by atoms with van der Waals surface area (Å²) in [5.74, 6) is 0.374. The molecule has 27 heavy (non-hydrogen) atoms. The molecule has 0 saturated carbocycles. The Bertz CT molecular complexity index is 913. The van der Waals surface area contributed by atoms with Crippen LogP contribution in [0.15, 0.2) is 40.6 Å². The first-order valence-corrected chi connectivity index (χ1v) is 11.5. The molecule has 7 nitrogen and oxygen atoms in total. The lowest BCUT2D eigenvalue weighted by atomic mass is 9.88. The van der Waals surface area contributed by atoms with Gasteiger partial charge >= 0.3 is 0 Å². The molecule has 2 aromatic rings. The maximum absolute atomic E-state index is 11.9. The number of anilines is 1. The molecular weight excluding hydrogens is 386 g/mol. The zero-order chi connectivity index (χ0) is 19.6. The van der Waals surface area contributed by atoms with Gasteiger partial charge in [0.2, 0.25) is 0 Å². The first-order valence-electron chi connectivity index (χ1n) is 8.73. The van der Waals surface area contributed by atoms with Crippen LogP contribution in [0.5, 0.6) is 0 Å². The Kier molecular flexibility index (Phi) is 5.83. The van der Waals surface area contributed by atoms with E-state index in [0.717, 1.165) is 25.6 Å². The molecule has 2 atom stereocenters. The number of nitro benzene ring substituents is 1. The van der Waals surface area contributed by atoms with Gasteiger partial charge in [-0.3, -0.25) is 15.0 Å². The van der Waals surface area contributed by atoms with E-state index >= 15 is 0 Å². The van der Waals surface area contributed by atoms with Gasteiger partial charge in [-0.15, -0.1) is 11.3 Å². The number of piperidine rings is 1. The van der Waals surface area contributed by atoms with Crippen LogP contribution in [-0.4, -0.2) is 44.6 Å². The van der Waals surface area contributed by atoms with E-state index in [4.69, 9.17) is 0 Å². The summed E-state index contributed by atoms with van der Waals surface area (Å²) in [6.07, 6.45) is 3.17. The second-order valence-electron chi connectivity index (χ2n) is 6.94. The van der Waals surface area contributed by atoms with Crippen molar-refractivity contribution in [2.45, 2.75) is 23.8 Å². The lowest BCUT2D eigenvalue weighted by molar-refractivity contribution is -0.387. The van der Waals surface area contributed by atoms with Crippen LogP contribution in [0.25, 0.3) is 0 Å². The number of benzene rings is 1. The molecule has 1 saturated heterocycles. The zero-order valence-electron chi connectivity index (χ0n) is 15.3. The summed E-state index contributed by atoms with van der Waals surface area (Å²) in [5, 5.41) is 16.5. The Balaban J connectivity index is 1.80. The van der Waals surface area contributed by atoms with E-state index in [1.165, 1.54) is 17.0 Å². The van der Waals surface area contributed by atoms with Crippen LogP contribution in [0, 0.1) is 16.0 Å². The number of hydrogen-bond acceptors (Lipinski definition) is 7. The molecule has 0 bridgehead atoms. The molecule has 0 radical (unpaired) electrons. The number of likely N-dealkylation sites (tertiary alicyclic amines) is 1. The third-order valence-electron chi connectivity index (χ3n) is 4.97. The third-order valence-corrected chi connectivity index (χ3v) is 7.04. The number of hydrogen-bond donors (Lipinski definition) is 1. The summed E-state index contributed by atoms with van der Waals surface area (Å²) in [7, 11) is -1.56. The highest BCUT2D eigenvalue weighted by atomic mass is 32.2. The van der Waals surface area contributed by atoms with E-state index in [-0.39, 0.29) is 4.90 Å². The molecular formula is C18H23N3O4S2. The fourth-order valence-electron chi connectivity index (χ4n) is 3.70. The van der Waals surface area contributed by atoms with Crippen molar-refractivity contribution in [3.8, 4) is 0 Å². The summed E-state index contributed by atoms with van der Waals surface area (Å²) in [4.78, 5) is 13.9. The SMILES string of the molecule is CN1CCCC(CNc2ccc([N+](=O)[O-])c(S(C)(=O)=O)c2)C1c1cccs1. The van der Waals surface area contributed by atoms with Gasteiger partial charge < -0.3 is 5.32 Å². The van der Waals surface area contributed by atoms with Crippen LogP contribution in [0.1, 0.15) is 23.8 Å². The Morgan fingerprint density at radius 2 is 2.15 bits per heavy atom. The number of nitrogens with zero attached hydrogens (tertiary/aromatic N) is 2. The van der Waals surface area contributed by atoms with Crippen molar-refractivity contribution >= 4 is 32.5 Å². The number of sulfone groups is 1. The van der Waals surface area contributed by atoms with Gasteiger partial charge in [0.1, 0.15) is 4.90 Å². The molecule has 0 spiro atoms. The predicted molar refractivity (Wildman–Crippen MR) is 107 cm³/mol. The molecule has 9 heteroatoms. The molecule has 1 aromatic carbocycles. The molecule has 146 valence electrons. The monoisotopic (exact) mass is 409 g/mol. The van der Waals surface area contributed by atoms with Crippen molar-refractivity contribution in [3.63, 3.8) is 0 Å². The minimum atomic E-state index is -3.69. The highest BCUT2D eigenvalue weighted by molar-refractivity contribution is 7.90. The van der Waals surface area contributed by atoms with E-state index in [2.05, 4.69) is 34.8 Å². The van der Waals surface area contributed by atoms with Gasteiger partial charge in [-0.1, -0.05) is 6.07 Å². The van der Waals surface area contributed by atoms with Gasteiger partial charge in [-0.25, -0.2) is 8.42 Å². The number of nitrogens with one attached hydrogen (secondary N) is 1. The van der Waals surface area contributed by atoms with E-state index in [1.807, 2.05) is 0 Å². The quantitative estimate of drug-likeness (QED) is 0.579. The highest BCUT2D eigenvalue weighted by Crippen LogP contribution is 2.37. The van der Waals surface area contributed by atoms with E-state index in [0.29, 0.717) is 24.2 Å². The first-order chi connectivity index (χ1) is 12.8. The van der Waals surface area contributed by atoms with Crippen LogP contribution in [0.4, 0.5) is 11.4 Å². The van der Waals surface area contributed by atoms with Crippen molar-refractivity contribution in [2.24, 2.45) is 5.92 Å². The fraction of sp³-hybridized carbons (Fsp3) is 0.444. The van der Waals surface area contributed by atoms with Crippen molar-refractivity contribution < 1.29 is 13.3 Å². The summed E-state index contributed by atoms with van der Waals surface area (Å²) in [5.41, 5.74) is 0.191. The fourth-order valence-corrected chi connectivity index (χ4v) is 5.55. The molecule has 1 N–H and O–H groups in total. The first kappa shape index (κ1) is 19.8. The van der Waals surface area contributed by atoms with Gasteiger partial charge in [0.25, 0.3) is 5.69 Å². The Labute approximate surface area is 163 Å². The van der Waals surface area contributed by atoms with E-state index < -0.39 is 20.4 Å². The molecule has 0 amide bonds. The standard InChI is InChI=1S/C18H23N3O4S2/c1-20-9-3-5-13(18(20)16-6-4-10-26-16)12-19-14-7-8-15(21(22)23)17(11-14)27(2,24)25/h4,6-8,10-11,13,18-19H,3,5,9,12H2,1-2H3. The van der Waals surface area contributed by atoms with Crippen LogP contribution in [0.2, 0.25) is 0 Å². The Hall–Kier alpha value is -1.97. The smallest absolute Gasteiger partial charge is 0.288 e. The topological polar surface area (TPSA) is 92.5 Å².